The van der Waals surface area contributed by atoms with Crippen LogP contribution in [0.1, 0.15) is 10.4 Å². The van der Waals surface area contributed by atoms with E-state index in [1.807, 2.05) is 0 Å². The van der Waals surface area contributed by atoms with Gasteiger partial charge in [0.25, 0.3) is 15.9 Å². The molecule has 4 aromatic rings. The lowest BCUT2D eigenvalue weighted by molar-refractivity contribution is -0.385. The minimum absolute atomic E-state index is 0.110. The van der Waals surface area contributed by atoms with Gasteiger partial charge in [-0.25, -0.2) is 4.98 Å². The Morgan fingerprint density at radius 2 is 1.76 bits per heavy atom. The first kappa shape index (κ1) is 23.8. The van der Waals surface area contributed by atoms with Gasteiger partial charge in [0, 0.05) is 19.3 Å². The number of carbonyl (C=O) groups excluding carboxylic acids is 1. The standard InChI is InChI=1S/C24H20N6O6S/c1-29-12-23(25-13-29)37(34,35)28-16-5-7-18-20(11-16)26-19-9-14(3-6-17(19)24(31)27-18)15-4-8-21(30(32)33)22(10-15)36-2/h3-13,26,28H,1-2H3,(H,27,31). The molecule has 0 radical (unpaired) electrons. The molecule has 0 unspecified atom stereocenters. The summed E-state index contributed by atoms with van der Waals surface area (Å²) in [5, 5.41) is 17.1. The van der Waals surface area contributed by atoms with Gasteiger partial charge in [0.1, 0.15) is 0 Å². The summed E-state index contributed by atoms with van der Waals surface area (Å²) in [5.74, 6) is -0.241. The number of rotatable bonds is 6. The van der Waals surface area contributed by atoms with Crippen molar-refractivity contribution < 1.29 is 22.9 Å². The van der Waals surface area contributed by atoms with Crippen molar-refractivity contribution in [3.63, 3.8) is 0 Å². The summed E-state index contributed by atoms with van der Waals surface area (Å²) in [6.45, 7) is 0. The van der Waals surface area contributed by atoms with Crippen molar-refractivity contribution in [3.05, 3.63) is 82.8 Å². The Balaban J connectivity index is 1.49. The molecule has 3 N–H and O–H groups in total. The quantitative estimate of drug-likeness (QED) is 0.253. The molecule has 0 atom stereocenters. The Bertz CT molecular complexity index is 1680. The summed E-state index contributed by atoms with van der Waals surface area (Å²) in [4.78, 5) is 27.5. The second-order valence-corrected chi connectivity index (χ2v) is 9.86. The first-order chi connectivity index (χ1) is 17.6. The number of anilines is 4. The number of amides is 1. The molecule has 0 spiro atoms. The van der Waals surface area contributed by atoms with Gasteiger partial charge in [-0.1, -0.05) is 6.07 Å². The maximum absolute atomic E-state index is 12.9. The third-order valence-corrected chi connectivity index (χ3v) is 6.99. The lowest BCUT2D eigenvalue weighted by Gasteiger charge is -2.13. The van der Waals surface area contributed by atoms with Crippen LogP contribution in [0.15, 0.2) is 72.1 Å². The number of ether oxygens (including phenoxy) is 1. The number of benzene rings is 3. The molecule has 1 aliphatic heterocycles. The summed E-state index contributed by atoms with van der Waals surface area (Å²) >= 11 is 0. The maximum Gasteiger partial charge on any atom is 0.310 e. The molecule has 1 amide bonds. The van der Waals surface area contributed by atoms with Crippen LogP contribution in [0.5, 0.6) is 5.75 Å². The third kappa shape index (κ3) is 4.54. The second kappa shape index (κ2) is 8.95. The van der Waals surface area contributed by atoms with E-state index >= 15 is 0 Å². The summed E-state index contributed by atoms with van der Waals surface area (Å²) in [7, 11) is -0.896. The third-order valence-electron chi connectivity index (χ3n) is 5.72. The van der Waals surface area contributed by atoms with E-state index in [0.717, 1.165) is 0 Å². The molecule has 0 bridgehead atoms. The number of nitrogens with one attached hydrogen (secondary N) is 3. The number of aromatic nitrogens is 2. The number of hydrogen-bond acceptors (Lipinski definition) is 8. The first-order valence-electron chi connectivity index (χ1n) is 10.8. The lowest BCUT2D eigenvalue weighted by Crippen LogP contribution is -2.14. The van der Waals surface area contributed by atoms with Crippen LogP contribution >= 0.6 is 0 Å². The Kier molecular flexibility index (Phi) is 5.76. The molecular formula is C24H20N6O6S. The van der Waals surface area contributed by atoms with Crippen molar-refractivity contribution in [1.82, 2.24) is 9.55 Å². The van der Waals surface area contributed by atoms with Gasteiger partial charge in [-0.2, -0.15) is 8.42 Å². The van der Waals surface area contributed by atoms with E-state index < -0.39 is 14.9 Å². The largest absolute Gasteiger partial charge is 0.490 e. The minimum Gasteiger partial charge on any atom is -0.490 e. The fourth-order valence-corrected chi connectivity index (χ4v) is 4.96. The van der Waals surface area contributed by atoms with Crippen molar-refractivity contribution in [3.8, 4) is 16.9 Å². The van der Waals surface area contributed by atoms with Crippen LogP contribution in [0.25, 0.3) is 11.1 Å². The van der Waals surface area contributed by atoms with Crippen molar-refractivity contribution in [2.45, 2.75) is 5.03 Å². The number of carbonyl (C=O) groups is 1. The molecule has 0 fully saturated rings. The monoisotopic (exact) mass is 520 g/mol. The highest BCUT2D eigenvalue weighted by Crippen LogP contribution is 2.38. The Morgan fingerprint density at radius 3 is 2.46 bits per heavy atom. The Hall–Kier alpha value is -4.91. The number of hydrogen-bond donors (Lipinski definition) is 3. The number of nitrogens with zero attached hydrogens (tertiary/aromatic N) is 3. The molecule has 3 aromatic carbocycles. The van der Waals surface area contributed by atoms with Crippen LogP contribution in [0, 0.1) is 10.1 Å². The average molecular weight is 521 g/mol. The Labute approximate surface area is 211 Å². The molecule has 12 nitrogen and oxygen atoms in total. The van der Waals surface area contributed by atoms with Crippen LogP contribution in [0.4, 0.5) is 28.4 Å². The number of fused-ring (bicyclic) bond motifs is 2. The van der Waals surface area contributed by atoms with E-state index in [4.69, 9.17) is 4.74 Å². The van der Waals surface area contributed by atoms with E-state index in [0.29, 0.717) is 33.8 Å². The summed E-state index contributed by atoms with van der Waals surface area (Å²) in [6.07, 6.45) is 2.77. The van der Waals surface area contributed by atoms with E-state index in [2.05, 4.69) is 20.3 Å². The topological polar surface area (TPSA) is 157 Å². The number of nitro benzene ring substituents is 1. The van der Waals surface area contributed by atoms with Gasteiger partial charge in [0.05, 0.1) is 46.7 Å². The van der Waals surface area contributed by atoms with E-state index in [1.54, 1.807) is 49.5 Å². The van der Waals surface area contributed by atoms with Crippen molar-refractivity contribution in [2.24, 2.45) is 7.05 Å². The van der Waals surface area contributed by atoms with Crippen LogP contribution in [-0.4, -0.2) is 35.9 Å². The molecule has 0 saturated heterocycles. The zero-order chi connectivity index (χ0) is 26.3. The van der Waals surface area contributed by atoms with E-state index in [-0.39, 0.29) is 28.1 Å². The average Bonchev–Trinajstić information content (AvgIpc) is 3.26. The molecule has 188 valence electrons. The fourth-order valence-electron chi connectivity index (χ4n) is 3.92. The summed E-state index contributed by atoms with van der Waals surface area (Å²) < 4.78 is 34.6. The van der Waals surface area contributed by atoms with Gasteiger partial charge in [-0.15, -0.1) is 0 Å². The molecular weight excluding hydrogens is 500 g/mol. The fraction of sp³-hybridized carbons (Fsp3) is 0.0833. The number of aryl methyl sites for hydroxylation is 1. The summed E-state index contributed by atoms with van der Waals surface area (Å²) in [6, 6.07) is 14.3. The second-order valence-electron chi connectivity index (χ2n) is 8.23. The highest BCUT2D eigenvalue weighted by Gasteiger charge is 2.23. The smallest absolute Gasteiger partial charge is 0.310 e. The van der Waals surface area contributed by atoms with Crippen LogP contribution in [-0.2, 0) is 17.1 Å². The van der Waals surface area contributed by atoms with Crippen LogP contribution < -0.4 is 20.1 Å². The zero-order valence-corrected chi connectivity index (χ0v) is 20.4. The van der Waals surface area contributed by atoms with Crippen LogP contribution in [0.3, 0.4) is 0 Å². The van der Waals surface area contributed by atoms with Crippen molar-refractivity contribution in [1.29, 1.82) is 0 Å². The predicted molar refractivity (Wildman–Crippen MR) is 137 cm³/mol. The van der Waals surface area contributed by atoms with Gasteiger partial charge in [0.15, 0.2) is 10.8 Å². The summed E-state index contributed by atoms with van der Waals surface area (Å²) in [5.41, 5.74) is 3.20. The Morgan fingerprint density at radius 1 is 1.00 bits per heavy atom. The lowest BCUT2D eigenvalue weighted by atomic mass is 10.0. The number of imidazole rings is 1. The highest BCUT2D eigenvalue weighted by atomic mass is 32.2. The molecule has 37 heavy (non-hydrogen) atoms. The molecule has 0 saturated carbocycles. The number of methoxy groups -OCH3 is 1. The van der Waals surface area contributed by atoms with Crippen LogP contribution in [0.2, 0.25) is 0 Å². The number of sulfonamides is 1. The van der Waals surface area contributed by atoms with Gasteiger partial charge in [0.2, 0.25) is 0 Å². The first-order valence-corrected chi connectivity index (χ1v) is 12.3. The molecule has 5 rings (SSSR count). The van der Waals surface area contributed by atoms with Crippen molar-refractivity contribution >= 4 is 44.4 Å². The zero-order valence-electron chi connectivity index (χ0n) is 19.6. The molecule has 2 heterocycles. The van der Waals surface area contributed by atoms with Gasteiger partial charge >= 0.3 is 5.69 Å². The molecule has 1 aromatic heterocycles. The van der Waals surface area contributed by atoms with E-state index in [9.17, 15) is 23.3 Å². The molecule has 13 heteroatoms. The van der Waals surface area contributed by atoms with Crippen molar-refractivity contribution in [2.75, 3.05) is 22.5 Å². The van der Waals surface area contributed by atoms with E-state index in [1.165, 1.54) is 36.3 Å². The predicted octanol–water partition coefficient (Wildman–Crippen LogP) is 4.11. The normalized spacial score (nSPS) is 12.4. The van der Waals surface area contributed by atoms with Gasteiger partial charge < -0.3 is 19.9 Å². The highest BCUT2D eigenvalue weighted by molar-refractivity contribution is 7.92. The molecule has 1 aliphatic rings. The molecule has 0 aliphatic carbocycles. The SMILES string of the molecule is COc1cc(-c2ccc3c(c2)Nc2cc(NS(=O)(=O)c4cn(C)cn4)ccc2NC3=O)ccc1[N+](=O)[O-]. The maximum atomic E-state index is 12.9. The number of nitro groups is 1. The van der Waals surface area contributed by atoms with Gasteiger partial charge in [-0.3, -0.25) is 19.6 Å². The van der Waals surface area contributed by atoms with Gasteiger partial charge in [-0.05, 0) is 53.6 Å². The minimum atomic E-state index is -3.92.